The number of Topliss-reactive ketones (excluding diaryl/α,β-unsaturated/α-hetero) is 1. The van der Waals surface area contributed by atoms with Gasteiger partial charge in [0.05, 0.1) is 31.5 Å². The molecule has 0 unspecified atom stereocenters. The summed E-state index contributed by atoms with van der Waals surface area (Å²) in [5, 5.41) is 3.15. The van der Waals surface area contributed by atoms with Gasteiger partial charge >= 0.3 is 5.97 Å². The average molecular weight is 378 g/mol. The third-order valence-corrected chi connectivity index (χ3v) is 4.72. The highest BCUT2D eigenvalue weighted by molar-refractivity contribution is 6.11. The fourth-order valence-corrected chi connectivity index (χ4v) is 3.02. The van der Waals surface area contributed by atoms with Crippen molar-refractivity contribution in [3.8, 4) is 0 Å². The molecule has 3 rings (SSSR count). The molecule has 0 atom stereocenters. The van der Waals surface area contributed by atoms with Gasteiger partial charge in [-0.3, -0.25) is 19.3 Å². The van der Waals surface area contributed by atoms with E-state index in [1.165, 1.54) is 18.1 Å². The van der Waals surface area contributed by atoms with Crippen LogP contribution in [0, 0.1) is 13.8 Å². The van der Waals surface area contributed by atoms with Gasteiger partial charge in [-0.15, -0.1) is 0 Å². The molecule has 0 fully saturated rings. The van der Waals surface area contributed by atoms with Gasteiger partial charge in [0.2, 0.25) is 0 Å². The molecule has 0 aliphatic carbocycles. The van der Waals surface area contributed by atoms with E-state index < -0.39 is 5.97 Å². The van der Waals surface area contributed by atoms with Crippen LogP contribution < -0.4 is 10.2 Å². The zero-order chi connectivity index (χ0) is 20.3. The van der Waals surface area contributed by atoms with Crippen LogP contribution in [0.1, 0.15) is 27.9 Å². The van der Waals surface area contributed by atoms with E-state index in [1.54, 1.807) is 24.3 Å². The van der Waals surface area contributed by atoms with Gasteiger partial charge in [0, 0.05) is 17.3 Å². The van der Waals surface area contributed by atoms with E-state index in [9.17, 15) is 14.4 Å². The van der Waals surface area contributed by atoms with Crippen LogP contribution in [-0.2, 0) is 14.3 Å². The van der Waals surface area contributed by atoms with Gasteiger partial charge in [-0.05, 0) is 37.1 Å². The van der Waals surface area contributed by atoms with Crippen LogP contribution in [0.25, 0.3) is 0 Å². The Morgan fingerprint density at radius 2 is 1.75 bits per heavy atom. The molecule has 0 bridgehead atoms. The van der Waals surface area contributed by atoms with Crippen LogP contribution in [0.2, 0.25) is 0 Å². The monoisotopic (exact) mass is 378 g/mol. The van der Waals surface area contributed by atoms with Crippen molar-refractivity contribution in [1.82, 2.24) is 0 Å². The van der Waals surface area contributed by atoms with Gasteiger partial charge in [0.25, 0.3) is 5.91 Å². The number of ether oxygens (including phenoxy) is 1. The van der Waals surface area contributed by atoms with Crippen molar-refractivity contribution in [2.75, 3.05) is 23.9 Å². The van der Waals surface area contributed by atoms with Gasteiger partial charge in [-0.1, -0.05) is 30.3 Å². The highest BCUT2D eigenvalue weighted by atomic mass is 16.5. The first-order valence-electron chi connectivity index (χ1n) is 8.94. The van der Waals surface area contributed by atoms with E-state index in [4.69, 9.17) is 4.74 Å². The summed E-state index contributed by atoms with van der Waals surface area (Å²) in [4.78, 5) is 38.8. The van der Waals surface area contributed by atoms with Crippen molar-refractivity contribution in [3.63, 3.8) is 0 Å². The van der Waals surface area contributed by atoms with Crippen LogP contribution in [0.3, 0.4) is 0 Å². The molecule has 2 aromatic carbocycles. The van der Waals surface area contributed by atoms with Crippen molar-refractivity contribution in [2.45, 2.75) is 20.3 Å². The summed E-state index contributed by atoms with van der Waals surface area (Å²) in [5.41, 5.74) is 4.28. The highest BCUT2D eigenvalue weighted by Crippen LogP contribution is 2.33. The smallest absolute Gasteiger partial charge is 0.311 e. The normalized spacial score (nSPS) is 13.2. The van der Waals surface area contributed by atoms with Gasteiger partial charge in [-0.2, -0.15) is 0 Å². The number of carbonyl (C=O) groups is 3. The highest BCUT2D eigenvalue weighted by Gasteiger charge is 2.26. The second kappa shape index (κ2) is 8.08. The number of ketones is 1. The molecule has 1 heterocycles. The van der Waals surface area contributed by atoms with Crippen molar-refractivity contribution >= 4 is 29.0 Å². The number of fused-ring (bicyclic) bond motifs is 1. The van der Waals surface area contributed by atoms with Gasteiger partial charge in [0.15, 0.2) is 5.78 Å². The van der Waals surface area contributed by atoms with Crippen molar-refractivity contribution < 1.29 is 19.1 Å². The third kappa shape index (κ3) is 4.11. The lowest BCUT2D eigenvalue weighted by atomic mass is 10.1. The van der Waals surface area contributed by atoms with Crippen molar-refractivity contribution in [3.05, 3.63) is 70.9 Å². The first-order chi connectivity index (χ1) is 13.4. The van der Waals surface area contributed by atoms with Crippen LogP contribution >= 0.6 is 0 Å². The number of rotatable bonds is 5. The molecule has 0 radical (unpaired) electrons. The first kappa shape index (κ1) is 19.4. The maximum atomic E-state index is 12.9. The fraction of sp³-hybridized carbons (Fsp3) is 0.227. The topological polar surface area (TPSA) is 75.7 Å². The molecule has 1 amide bonds. The predicted octanol–water partition coefficient (Wildman–Crippen LogP) is 3.39. The minimum absolute atomic E-state index is 0.0604. The Morgan fingerprint density at radius 1 is 1.07 bits per heavy atom. The molecule has 0 saturated carbocycles. The fourth-order valence-electron chi connectivity index (χ4n) is 3.02. The van der Waals surface area contributed by atoms with Gasteiger partial charge in [0.1, 0.15) is 0 Å². The van der Waals surface area contributed by atoms with E-state index in [0.29, 0.717) is 22.6 Å². The second-order valence-electron chi connectivity index (χ2n) is 6.71. The van der Waals surface area contributed by atoms with E-state index in [0.717, 1.165) is 11.1 Å². The number of benzene rings is 2. The lowest BCUT2D eigenvalue weighted by molar-refractivity contribution is -0.139. The number of nitrogens with one attached hydrogen (secondary N) is 1. The SMILES string of the molecule is COC(=O)CC1=CC(=O)N(CC(=O)c2ccccc2)c2cc(C)c(C)cc2N1. The van der Waals surface area contributed by atoms with Crippen LogP contribution in [-0.4, -0.2) is 31.3 Å². The lowest BCUT2D eigenvalue weighted by Gasteiger charge is -2.23. The molecular formula is C22H22N2O4. The quantitative estimate of drug-likeness (QED) is 0.638. The van der Waals surface area contributed by atoms with E-state index in [1.807, 2.05) is 32.0 Å². The molecule has 144 valence electrons. The number of anilines is 2. The Kier molecular flexibility index (Phi) is 5.59. The number of esters is 1. The maximum Gasteiger partial charge on any atom is 0.311 e. The summed E-state index contributed by atoms with van der Waals surface area (Å²) in [6.07, 6.45) is 1.29. The molecule has 6 heteroatoms. The summed E-state index contributed by atoms with van der Waals surface area (Å²) in [6, 6.07) is 12.6. The summed E-state index contributed by atoms with van der Waals surface area (Å²) >= 11 is 0. The zero-order valence-corrected chi connectivity index (χ0v) is 16.1. The average Bonchev–Trinajstić information content (AvgIpc) is 2.79. The Labute approximate surface area is 163 Å². The minimum Gasteiger partial charge on any atom is -0.469 e. The molecule has 28 heavy (non-hydrogen) atoms. The van der Waals surface area contributed by atoms with E-state index in [2.05, 4.69) is 5.32 Å². The Morgan fingerprint density at radius 3 is 2.43 bits per heavy atom. The van der Waals surface area contributed by atoms with Gasteiger partial charge in [-0.25, -0.2) is 0 Å². The molecule has 0 spiro atoms. The number of carbonyl (C=O) groups excluding carboxylic acids is 3. The molecule has 2 aromatic rings. The Bertz CT molecular complexity index is 964. The van der Waals surface area contributed by atoms with Crippen LogP contribution in [0.5, 0.6) is 0 Å². The Balaban J connectivity index is 2.00. The third-order valence-electron chi connectivity index (χ3n) is 4.72. The van der Waals surface area contributed by atoms with Crippen molar-refractivity contribution in [1.29, 1.82) is 0 Å². The number of aryl methyl sites for hydroxylation is 2. The standard InChI is InChI=1S/C22H22N2O4/c1-14-9-18-19(10-15(14)2)24(13-20(25)16-7-5-4-6-8-16)21(26)11-17(23-18)12-22(27)28-3/h4-11,23H,12-13H2,1-3H3. The van der Waals surface area contributed by atoms with Gasteiger partial charge < -0.3 is 10.1 Å². The molecule has 1 aliphatic rings. The summed E-state index contributed by atoms with van der Waals surface area (Å²) < 4.78 is 4.71. The number of methoxy groups -OCH3 is 1. The number of nitrogens with zero attached hydrogens (tertiary/aromatic N) is 1. The summed E-state index contributed by atoms with van der Waals surface area (Å²) in [5.74, 6) is -0.980. The lowest BCUT2D eigenvalue weighted by Crippen LogP contribution is -2.34. The minimum atomic E-state index is -0.453. The summed E-state index contributed by atoms with van der Waals surface area (Å²) in [7, 11) is 1.30. The molecule has 1 aliphatic heterocycles. The maximum absolute atomic E-state index is 12.9. The summed E-state index contributed by atoms with van der Waals surface area (Å²) in [6.45, 7) is 3.82. The van der Waals surface area contributed by atoms with E-state index >= 15 is 0 Å². The van der Waals surface area contributed by atoms with Crippen LogP contribution in [0.15, 0.2) is 54.2 Å². The molecule has 1 N–H and O–H groups in total. The molecular weight excluding hydrogens is 356 g/mol. The first-order valence-corrected chi connectivity index (χ1v) is 8.94. The number of hydrogen-bond donors (Lipinski definition) is 1. The zero-order valence-electron chi connectivity index (χ0n) is 16.1. The van der Waals surface area contributed by atoms with Crippen molar-refractivity contribution in [2.24, 2.45) is 0 Å². The number of amides is 1. The number of hydrogen-bond acceptors (Lipinski definition) is 5. The second-order valence-corrected chi connectivity index (χ2v) is 6.71. The largest absolute Gasteiger partial charge is 0.469 e. The Hall–Kier alpha value is -3.41. The molecule has 6 nitrogen and oxygen atoms in total. The molecule has 0 saturated heterocycles. The molecule has 0 aromatic heterocycles. The van der Waals surface area contributed by atoms with Crippen LogP contribution in [0.4, 0.5) is 11.4 Å². The van der Waals surface area contributed by atoms with E-state index in [-0.39, 0.29) is 24.7 Å². The predicted molar refractivity (Wildman–Crippen MR) is 107 cm³/mol.